The number of carbonyl (C=O) groups is 2. The number of rotatable bonds is 7. The summed E-state index contributed by atoms with van der Waals surface area (Å²) in [6.45, 7) is -0.233. The lowest BCUT2D eigenvalue weighted by Crippen LogP contribution is -2.29. The van der Waals surface area contributed by atoms with Gasteiger partial charge in [-0.3, -0.25) is 14.4 Å². The number of aromatic nitrogens is 2. The molecule has 1 unspecified atom stereocenters. The van der Waals surface area contributed by atoms with Gasteiger partial charge in [-0.05, 0) is 65.2 Å². The van der Waals surface area contributed by atoms with Gasteiger partial charge in [0.25, 0.3) is 11.5 Å². The van der Waals surface area contributed by atoms with Gasteiger partial charge in [0.15, 0.2) is 12.0 Å². The van der Waals surface area contributed by atoms with E-state index in [0.29, 0.717) is 16.7 Å². The third-order valence-electron chi connectivity index (χ3n) is 6.38. The summed E-state index contributed by atoms with van der Waals surface area (Å²) in [5, 5.41) is 12.1. The zero-order chi connectivity index (χ0) is 29.3. The highest BCUT2D eigenvalue weighted by Gasteiger charge is 2.30. The predicted octanol–water partition coefficient (Wildman–Crippen LogP) is 5.66. The lowest BCUT2D eigenvalue weighted by atomic mass is 9.91. The monoisotopic (exact) mass is 565 g/mol. The molecular weight excluding hydrogens is 546 g/mol. The molecule has 2 aromatic heterocycles. The minimum absolute atomic E-state index is 0.0963. The first-order valence-electron chi connectivity index (χ1n) is 12.0. The number of halogens is 4. The van der Waals surface area contributed by atoms with Gasteiger partial charge in [-0.2, -0.15) is 13.2 Å². The third-order valence-corrected chi connectivity index (χ3v) is 6.38. The molecule has 8 nitrogen and oxygen atoms in total. The molecule has 208 valence electrons. The molecule has 0 aliphatic carbocycles. The van der Waals surface area contributed by atoms with Crippen LogP contribution in [0.15, 0.2) is 94.6 Å². The summed E-state index contributed by atoms with van der Waals surface area (Å²) >= 11 is 0. The zero-order valence-corrected chi connectivity index (χ0v) is 20.9. The van der Waals surface area contributed by atoms with Crippen molar-refractivity contribution in [1.82, 2.24) is 9.55 Å². The average Bonchev–Trinajstić information content (AvgIpc) is 3.39. The van der Waals surface area contributed by atoms with Gasteiger partial charge in [0.05, 0.1) is 17.8 Å². The Hall–Kier alpha value is -5.26. The van der Waals surface area contributed by atoms with Gasteiger partial charge in [-0.25, -0.2) is 9.37 Å². The lowest BCUT2D eigenvalue weighted by molar-refractivity contribution is -0.138. The number of carboxylic acid groups (broad SMARTS) is 1. The van der Waals surface area contributed by atoms with Crippen molar-refractivity contribution in [2.45, 2.75) is 18.6 Å². The Balaban J connectivity index is 1.37. The number of hydrogen-bond acceptors (Lipinski definition) is 5. The number of oxazole rings is 1. The Morgan fingerprint density at radius 1 is 1.00 bits per heavy atom. The van der Waals surface area contributed by atoms with Crippen LogP contribution < -0.4 is 10.9 Å². The van der Waals surface area contributed by atoms with Gasteiger partial charge in [0.2, 0.25) is 0 Å². The minimum atomic E-state index is -4.56. The van der Waals surface area contributed by atoms with Gasteiger partial charge >= 0.3 is 12.1 Å². The van der Waals surface area contributed by atoms with Crippen LogP contribution >= 0.6 is 0 Å². The van der Waals surface area contributed by atoms with Crippen LogP contribution in [-0.4, -0.2) is 26.5 Å². The van der Waals surface area contributed by atoms with Gasteiger partial charge in [0.1, 0.15) is 22.8 Å². The van der Waals surface area contributed by atoms with Crippen molar-refractivity contribution >= 4 is 28.7 Å². The van der Waals surface area contributed by atoms with Gasteiger partial charge in [-0.15, -0.1) is 0 Å². The highest BCUT2D eigenvalue weighted by atomic mass is 19.4. The molecule has 0 fully saturated rings. The summed E-state index contributed by atoms with van der Waals surface area (Å²) in [6.07, 6.45) is -2.02. The number of carboxylic acids is 1. The van der Waals surface area contributed by atoms with Gasteiger partial charge < -0.3 is 19.4 Å². The Bertz CT molecular complexity index is 1840. The molecule has 3 aromatic carbocycles. The first kappa shape index (κ1) is 27.3. The number of hydrogen-bond donors (Lipinski definition) is 2. The number of fused-ring (bicyclic) bond motifs is 1. The molecule has 0 radical (unpaired) electrons. The Kier molecular flexibility index (Phi) is 7.14. The second-order valence-electron chi connectivity index (χ2n) is 9.10. The van der Waals surface area contributed by atoms with E-state index in [0.717, 1.165) is 22.8 Å². The molecule has 0 saturated carbocycles. The second kappa shape index (κ2) is 10.7. The summed E-state index contributed by atoms with van der Waals surface area (Å²) in [6, 6.07) is 15.1. The number of benzene rings is 3. The maximum atomic E-state index is 15.1. The average molecular weight is 565 g/mol. The Morgan fingerprint density at radius 3 is 2.49 bits per heavy atom. The molecule has 1 amide bonds. The largest absolute Gasteiger partial charge is 0.481 e. The van der Waals surface area contributed by atoms with E-state index < -0.39 is 40.9 Å². The van der Waals surface area contributed by atoms with E-state index >= 15 is 4.39 Å². The third kappa shape index (κ3) is 5.71. The van der Waals surface area contributed by atoms with E-state index in [4.69, 9.17) is 4.42 Å². The molecule has 2 heterocycles. The van der Waals surface area contributed by atoms with Crippen LogP contribution in [0.2, 0.25) is 0 Å². The van der Waals surface area contributed by atoms with Gasteiger partial charge in [-0.1, -0.05) is 24.3 Å². The number of carbonyl (C=O) groups excluding carboxylic acids is 1. The highest BCUT2D eigenvalue weighted by molar-refractivity contribution is 6.04. The van der Waals surface area contributed by atoms with E-state index in [2.05, 4.69) is 10.3 Å². The number of pyridine rings is 1. The first-order chi connectivity index (χ1) is 19.5. The van der Waals surface area contributed by atoms with Crippen molar-refractivity contribution < 1.29 is 36.7 Å². The maximum Gasteiger partial charge on any atom is 0.416 e. The standard InChI is InChI=1S/C29H19F4N3O5/c30-21-12-17(25(28(39)40)18-7-9-24-23(13-18)34-15-41-24)6-8-22(21)35-26(37)20-5-2-10-36(27(20)38)14-16-3-1-4-19(11-16)29(31,32)33/h1-13,15,25H,14H2,(H,35,37)(H,39,40). The summed E-state index contributed by atoms with van der Waals surface area (Å²) in [5.74, 6) is -4.38. The molecular formula is C29H19F4N3O5. The molecule has 0 aliphatic rings. The molecule has 0 aliphatic heterocycles. The highest BCUT2D eigenvalue weighted by Crippen LogP contribution is 2.31. The van der Waals surface area contributed by atoms with Crippen LogP contribution in [0.3, 0.4) is 0 Å². The van der Waals surface area contributed by atoms with Crippen molar-refractivity contribution in [3.05, 3.63) is 129 Å². The predicted molar refractivity (Wildman–Crippen MR) is 139 cm³/mol. The number of alkyl halides is 3. The van der Waals surface area contributed by atoms with Crippen LogP contribution in [0, 0.1) is 5.82 Å². The van der Waals surface area contributed by atoms with Crippen LogP contribution in [0.25, 0.3) is 11.1 Å². The summed E-state index contributed by atoms with van der Waals surface area (Å²) in [5.41, 5.74) is -0.837. The number of anilines is 1. The summed E-state index contributed by atoms with van der Waals surface area (Å²) in [7, 11) is 0. The van der Waals surface area contributed by atoms with E-state index in [-0.39, 0.29) is 28.9 Å². The maximum absolute atomic E-state index is 15.1. The fourth-order valence-electron chi connectivity index (χ4n) is 4.41. The van der Waals surface area contributed by atoms with E-state index in [1.54, 1.807) is 6.07 Å². The van der Waals surface area contributed by atoms with Crippen molar-refractivity contribution in [1.29, 1.82) is 0 Å². The molecule has 0 bridgehead atoms. The van der Waals surface area contributed by atoms with Gasteiger partial charge in [0, 0.05) is 6.20 Å². The number of nitrogens with one attached hydrogen (secondary N) is 1. The molecule has 0 saturated heterocycles. The van der Waals surface area contributed by atoms with Crippen molar-refractivity contribution in [2.24, 2.45) is 0 Å². The zero-order valence-electron chi connectivity index (χ0n) is 20.9. The summed E-state index contributed by atoms with van der Waals surface area (Å²) in [4.78, 5) is 41.9. The van der Waals surface area contributed by atoms with Crippen LogP contribution in [-0.2, 0) is 17.5 Å². The number of nitrogens with zero attached hydrogens (tertiary/aromatic N) is 2. The van der Waals surface area contributed by atoms with Crippen molar-refractivity contribution in [3.63, 3.8) is 0 Å². The van der Waals surface area contributed by atoms with E-state index in [9.17, 15) is 32.7 Å². The fraction of sp³-hybridized carbons (Fsp3) is 0.103. The Labute approximate surface area is 228 Å². The number of aliphatic carboxylic acids is 1. The normalized spacial score (nSPS) is 12.3. The van der Waals surface area contributed by atoms with Crippen LogP contribution in [0.1, 0.15) is 38.5 Å². The fourth-order valence-corrected chi connectivity index (χ4v) is 4.41. The molecule has 41 heavy (non-hydrogen) atoms. The quantitative estimate of drug-likeness (QED) is 0.246. The molecule has 5 aromatic rings. The van der Waals surface area contributed by atoms with Crippen LogP contribution in [0.5, 0.6) is 0 Å². The van der Waals surface area contributed by atoms with E-state index in [1.807, 2.05) is 0 Å². The smallest absolute Gasteiger partial charge is 0.416 e. The lowest BCUT2D eigenvalue weighted by Gasteiger charge is -2.15. The molecule has 12 heteroatoms. The molecule has 2 N–H and O–H groups in total. The van der Waals surface area contributed by atoms with Crippen LogP contribution in [0.4, 0.5) is 23.2 Å². The summed E-state index contributed by atoms with van der Waals surface area (Å²) < 4.78 is 60.4. The molecule has 1 atom stereocenters. The molecule has 5 rings (SSSR count). The van der Waals surface area contributed by atoms with Crippen molar-refractivity contribution in [2.75, 3.05) is 5.32 Å². The molecule has 0 spiro atoms. The SMILES string of the molecule is O=C(Nc1ccc(C(C(=O)O)c2ccc3ocnc3c2)cc1F)c1cccn(Cc2cccc(C(F)(F)F)c2)c1=O. The minimum Gasteiger partial charge on any atom is -0.481 e. The topological polar surface area (TPSA) is 114 Å². The van der Waals surface area contributed by atoms with Crippen molar-refractivity contribution in [3.8, 4) is 0 Å². The Morgan fingerprint density at radius 2 is 1.76 bits per heavy atom. The number of amides is 1. The second-order valence-corrected chi connectivity index (χ2v) is 9.10. The first-order valence-corrected chi connectivity index (χ1v) is 12.0. The van der Waals surface area contributed by atoms with E-state index in [1.165, 1.54) is 61.1 Å².